The molecule has 1 heterocycles. The third-order valence-corrected chi connectivity index (χ3v) is 3.00. The van der Waals surface area contributed by atoms with Gasteiger partial charge in [0.25, 0.3) is 0 Å². The average molecular weight is 334 g/mol. The highest BCUT2D eigenvalue weighted by Crippen LogP contribution is 2.27. The van der Waals surface area contributed by atoms with E-state index in [2.05, 4.69) is 15.2 Å². The first kappa shape index (κ1) is 16.2. The minimum atomic E-state index is -3.13. The number of rotatable bonds is 5. The number of aromatic nitrogens is 2. The van der Waals surface area contributed by atoms with Crippen molar-refractivity contribution >= 4 is 23.2 Å². The number of anilines is 1. The number of amides is 1. The Bertz CT molecular complexity index is 672. The lowest BCUT2D eigenvalue weighted by molar-refractivity contribution is -0.117. The Labute approximate surface area is 128 Å². The summed E-state index contributed by atoms with van der Waals surface area (Å²) < 4.78 is 43.1. The number of hydrogen-bond acceptors (Lipinski definition) is 3. The number of hydrogen-bond donors (Lipinski definition) is 1. The Balaban J connectivity index is 2.10. The summed E-state index contributed by atoms with van der Waals surface area (Å²) in [5.74, 6) is -1.77. The molecule has 118 valence electrons. The minimum absolute atomic E-state index is 0.0679. The lowest BCUT2D eigenvalue weighted by atomic mass is 10.3. The molecule has 0 unspecified atom stereocenters. The fraction of sp³-hybridized carbons (Fsp3) is 0.231. The zero-order valence-corrected chi connectivity index (χ0v) is 12.1. The summed E-state index contributed by atoms with van der Waals surface area (Å²) in [7, 11) is 0. The van der Waals surface area contributed by atoms with Gasteiger partial charge in [0.15, 0.2) is 5.75 Å². The van der Waals surface area contributed by atoms with E-state index in [4.69, 9.17) is 11.6 Å². The molecule has 0 aliphatic carbocycles. The third-order valence-electron chi connectivity index (χ3n) is 2.63. The lowest BCUT2D eigenvalue weighted by Gasteiger charge is -2.12. The van der Waals surface area contributed by atoms with Crippen LogP contribution in [0.3, 0.4) is 0 Å². The molecular formula is C13H11ClF3N3O2. The third kappa shape index (κ3) is 4.14. The van der Waals surface area contributed by atoms with Gasteiger partial charge in [0, 0.05) is 12.3 Å². The smallest absolute Gasteiger partial charge is 0.387 e. The maximum Gasteiger partial charge on any atom is 0.387 e. The van der Waals surface area contributed by atoms with Crippen molar-refractivity contribution in [1.82, 2.24) is 9.78 Å². The van der Waals surface area contributed by atoms with Gasteiger partial charge < -0.3 is 10.1 Å². The summed E-state index contributed by atoms with van der Waals surface area (Å²) in [5, 5.41) is 6.74. The monoisotopic (exact) mass is 333 g/mol. The van der Waals surface area contributed by atoms with Gasteiger partial charge in [-0.1, -0.05) is 11.6 Å². The SMILES string of the molecule is Cc1nn(CC(=O)Nc2ccc(F)cc2OC(F)F)cc1Cl. The average Bonchev–Trinajstić information content (AvgIpc) is 2.70. The van der Waals surface area contributed by atoms with Gasteiger partial charge in [-0.3, -0.25) is 9.48 Å². The predicted molar refractivity (Wildman–Crippen MR) is 73.6 cm³/mol. The van der Waals surface area contributed by atoms with Gasteiger partial charge >= 0.3 is 6.61 Å². The van der Waals surface area contributed by atoms with E-state index >= 15 is 0 Å². The topological polar surface area (TPSA) is 56.2 Å². The van der Waals surface area contributed by atoms with Crippen LogP contribution in [0.5, 0.6) is 5.75 Å². The van der Waals surface area contributed by atoms with E-state index in [-0.39, 0.29) is 12.2 Å². The zero-order valence-electron chi connectivity index (χ0n) is 11.3. The summed E-state index contributed by atoms with van der Waals surface area (Å²) in [6.07, 6.45) is 1.46. The number of nitrogens with one attached hydrogen (secondary N) is 1. The number of aryl methyl sites for hydroxylation is 1. The number of carbonyl (C=O) groups excluding carboxylic acids is 1. The maximum atomic E-state index is 13.1. The molecule has 0 saturated heterocycles. The Kier molecular flexibility index (Phi) is 4.92. The molecule has 1 amide bonds. The molecule has 1 N–H and O–H groups in total. The molecule has 0 aliphatic heterocycles. The van der Waals surface area contributed by atoms with Crippen molar-refractivity contribution in [2.45, 2.75) is 20.1 Å². The van der Waals surface area contributed by atoms with Crippen molar-refractivity contribution in [3.05, 3.63) is 40.9 Å². The van der Waals surface area contributed by atoms with Gasteiger partial charge in [-0.25, -0.2) is 4.39 Å². The van der Waals surface area contributed by atoms with Crippen LogP contribution in [-0.2, 0) is 11.3 Å². The van der Waals surface area contributed by atoms with Gasteiger partial charge in [-0.05, 0) is 19.1 Å². The predicted octanol–water partition coefficient (Wildman–Crippen LogP) is 3.22. The summed E-state index contributed by atoms with van der Waals surface area (Å²) in [5.41, 5.74) is 0.486. The van der Waals surface area contributed by atoms with Crippen LogP contribution in [-0.4, -0.2) is 22.3 Å². The van der Waals surface area contributed by atoms with Crippen LogP contribution in [0.25, 0.3) is 0 Å². The Morgan fingerprint density at radius 1 is 1.50 bits per heavy atom. The largest absolute Gasteiger partial charge is 0.432 e. The molecule has 1 aromatic heterocycles. The summed E-state index contributed by atoms with van der Waals surface area (Å²) in [6, 6.07) is 2.91. The van der Waals surface area contributed by atoms with Crippen LogP contribution in [0.4, 0.5) is 18.9 Å². The molecule has 0 spiro atoms. The summed E-state index contributed by atoms with van der Waals surface area (Å²) in [6.45, 7) is -1.64. The maximum absolute atomic E-state index is 13.1. The molecule has 0 aliphatic rings. The highest BCUT2D eigenvalue weighted by Gasteiger charge is 2.14. The molecule has 1 aromatic carbocycles. The zero-order chi connectivity index (χ0) is 16.3. The fourth-order valence-electron chi connectivity index (χ4n) is 1.70. The molecule has 2 aromatic rings. The normalized spacial score (nSPS) is 10.8. The highest BCUT2D eigenvalue weighted by molar-refractivity contribution is 6.31. The van der Waals surface area contributed by atoms with Gasteiger partial charge in [0.2, 0.25) is 5.91 Å². The second-order valence-electron chi connectivity index (χ2n) is 4.33. The minimum Gasteiger partial charge on any atom is -0.432 e. The Hall–Kier alpha value is -2.22. The number of alkyl halides is 2. The standard InChI is InChI=1S/C13H11ClF3N3O2/c1-7-9(14)5-20(19-7)6-12(21)18-10-3-2-8(15)4-11(10)22-13(16)17/h2-5,13H,6H2,1H3,(H,18,21). The van der Waals surface area contributed by atoms with Crippen molar-refractivity contribution in [3.8, 4) is 5.75 Å². The van der Waals surface area contributed by atoms with Crippen molar-refractivity contribution in [1.29, 1.82) is 0 Å². The van der Waals surface area contributed by atoms with Gasteiger partial charge in [-0.2, -0.15) is 13.9 Å². The van der Waals surface area contributed by atoms with Crippen LogP contribution >= 0.6 is 11.6 Å². The van der Waals surface area contributed by atoms with E-state index in [1.165, 1.54) is 10.9 Å². The molecule has 5 nitrogen and oxygen atoms in total. The van der Waals surface area contributed by atoms with Crippen LogP contribution in [0.1, 0.15) is 5.69 Å². The van der Waals surface area contributed by atoms with Crippen molar-refractivity contribution < 1.29 is 22.7 Å². The quantitative estimate of drug-likeness (QED) is 0.914. The summed E-state index contributed by atoms with van der Waals surface area (Å²) in [4.78, 5) is 11.9. The van der Waals surface area contributed by atoms with Gasteiger partial charge in [0.05, 0.1) is 16.4 Å². The first-order valence-electron chi connectivity index (χ1n) is 6.09. The van der Waals surface area contributed by atoms with Gasteiger partial charge in [0.1, 0.15) is 12.4 Å². The molecule has 9 heteroatoms. The van der Waals surface area contributed by atoms with E-state index in [0.29, 0.717) is 10.7 Å². The van der Waals surface area contributed by atoms with E-state index in [1.54, 1.807) is 6.92 Å². The van der Waals surface area contributed by atoms with Crippen molar-refractivity contribution in [3.63, 3.8) is 0 Å². The van der Waals surface area contributed by atoms with Crippen LogP contribution in [0.15, 0.2) is 24.4 Å². The first-order chi connectivity index (χ1) is 10.3. The molecule has 22 heavy (non-hydrogen) atoms. The number of benzene rings is 1. The molecule has 0 radical (unpaired) electrons. The van der Waals surface area contributed by atoms with Crippen molar-refractivity contribution in [2.75, 3.05) is 5.32 Å². The second-order valence-corrected chi connectivity index (χ2v) is 4.73. The second kappa shape index (κ2) is 6.69. The van der Waals surface area contributed by atoms with Crippen molar-refractivity contribution in [2.24, 2.45) is 0 Å². The van der Waals surface area contributed by atoms with E-state index in [0.717, 1.165) is 18.2 Å². The molecule has 0 bridgehead atoms. The van der Waals surface area contributed by atoms with E-state index in [1.807, 2.05) is 0 Å². The summed E-state index contributed by atoms with van der Waals surface area (Å²) >= 11 is 5.81. The molecule has 0 fully saturated rings. The van der Waals surface area contributed by atoms with E-state index in [9.17, 15) is 18.0 Å². The first-order valence-corrected chi connectivity index (χ1v) is 6.46. The number of nitrogens with zero attached hydrogens (tertiary/aromatic N) is 2. The number of ether oxygens (including phenoxy) is 1. The number of carbonyl (C=O) groups is 1. The Morgan fingerprint density at radius 2 is 2.23 bits per heavy atom. The molecule has 0 saturated carbocycles. The van der Waals surface area contributed by atoms with E-state index < -0.39 is 24.1 Å². The lowest BCUT2D eigenvalue weighted by Crippen LogP contribution is -2.20. The highest BCUT2D eigenvalue weighted by atomic mass is 35.5. The van der Waals surface area contributed by atoms with Crippen LogP contribution in [0, 0.1) is 12.7 Å². The van der Waals surface area contributed by atoms with Gasteiger partial charge in [-0.15, -0.1) is 0 Å². The Morgan fingerprint density at radius 3 is 2.82 bits per heavy atom. The molecule has 0 atom stereocenters. The molecule has 2 rings (SSSR count). The molecular weight excluding hydrogens is 323 g/mol. The fourth-order valence-corrected chi connectivity index (χ4v) is 1.85. The number of halogens is 4. The van der Waals surface area contributed by atoms with Crippen LogP contribution in [0.2, 0.25) is 5.02 Å². The van der Waals surface area contributed by atoms with Crippen LogP contribution < -0.4 is 10.1 Å².